The predicted octanol–water partition coefficient (Wildman–Crippen LogP) is 15.0. The number of carbonyl (C=O) groups is 1. The van der Waals surface area contributed by atoms with Gasteiger partial charge in [-0.05, 0) is 38.5 Å². The Bertz CT molecular complexity index is 1470. The summed E-state index contributed by atoms with van der Waals surface area (Å²) in [6.45, 7) is 2.90. The Morgan fingerprint density at radius 2 is 0.741 bits per heavy atom. The van der Waals surface area contributed by atoms with Crippen LogP contribution in [0.1, 0.15) is 341 Å². The van der Waals surface area contributed by atoms with Gasteiger partial charge in [0, 0.05) is 6.42 Å². The molecule has 2 rings (SSSR count). The second kappa shape index (κ2) is 56.7. The summed E-state index contributed by atoms with van der Waals surface area (Å²) < 4.78 is 22.9. The monoisotopic (exact) mass is 1210 g/mol. The van der Waals surface area contributed by atoms with Crippen LogP contribution in [0.15, 0.2) is 12.2 Å². The van der Waals surface area contributed by atoms with E-state index in [0.717, 1.165) is 51.4 Å². The fourth-order valence-electron chi connectivity index (χ4n) is 12.4. The Balaban J connectivity index is 1.55. The van der Waals surface area contributed by atoms with Gasteiger partial charge in [-0.1, -0.05) is 309 Å². The van der Waals surface area contributed by atoms with E-state index in [1.807, 2.05) is 0 Å². The highest BCUT2D eigenvalue weighted by Gasteiger charge is 2.51. The minimum absolute atomic E-state index is 0.199. The van der Waals surface area contributed by atoms with E-state index in [1.54, 1.807) is 0 Å². The summed E-state index contributed by atoms with van der Waals surface area (Å²) in [5.74, 6) is -0.199. The van der Waals surface area contributed by atoms with Gasteiger partial charge in [0.1, 0.15) is 48.8 Å². The molecule has 12 atom stereocenters. The minimum atomic E-state index is -1.78. The number of ether oxygens (including phenoxy) is 4. The standard InChI is InChI=1S/C71H137NO13/c1-3-5-7-9-11-13-15-17-19-20-21-22-23-24-25-26-27-28-29-30-31-32-33-34-35-36-37-38-39-40-41-43-45-47-49-51-53-55-63(76)72-59(60(75)54-52-50-48-46-44-42-18-16-14-12-10-8-6-4-2)58-82-70-68(81)66(79)69(62(57-74)84-70)85-71-67(80)65(78)64(77)61(56-73)83-71/h20-21,59-62,64-71,73-75,77-81H,3-19,22-58H2,1-2H3,(H,72,76)/b21-20-. The Kier molecular flexibility index (Phi) is 53.2. The van der Waals surface area contributed by atoms with Crippen LogP contribution in [-0.4, -0.2) is 140 Å². The summed E-state index contributed by atoms with van der Waals surface area (Å²) >= 11 is 0. The van der Waals surface area contributed by atoms with E-state index in [4.69, 9.17) is 18.9 Å². The highest BCUT2D eigenvalue weighted by Crippen LogP contribution is 2.30. The summed E-state index contributed by atoms with van der Waals surface area (Å²) in [6.07, 6.45) is 52.6. The molecule has 2 aliphatic rings. The number of aliphatic hydroxyl groups is 8. The predicted molar refractivity (Wildman–Crippen MR) is 346 cm³/mol. The summed E-state index contributed by atoms with van der Waals surface area (Å²) in [6, 6.07) is -0.824. The summed E-state index contributed by atoms with van der Waals surface area (Å²) in [5, 5.41) is 87.5. The fraction of sp³-hybridized carbons (Fsp3) is 0.958. The number of hydrogen-bond acceptors (Lipinski definition) is 13. The summed E-state index contributed by atoms with van der Waals surface area (Å²) in [4.78, 5) is 13.3. The number of allylic oxidation sites excluding steroid dienone is 2. The lowest BCUT2D eigenvalue weighted by Gasteiger charge is -2.46. The van der Waals surface area contributed by atoms with Gasteiger partial charge in [0.25, 0.3) is 0 Å². The number of amides is 1. The van der Waals surface area contributed by atoms with Crippen molar-refractivity contribution in [2.75, 3.05) is 19.8 Å². The molecule has 0 aromatic carbocycles. The van der Waals surface area contributed by atoms with Crippen LogP contribution >= 0.6 is 0 Å². The third-order valence-electron chi connectivity index (χ3n) is 18.2. The normalized spacial score (nSPS) is 23.5. The van der Waals surface area contributed by atoms with Crippen molar-refractivity contribution in [1.29, 1.82) is 0 Å². The molecule has 0 bridgehead atoms. The molecule has 14 nitrogen and oxygen atoms in total. The van der Waals surface area contributed by atoms with Crippen molar-refractivity contribution in [2.45, 2.75) is 415 Å². The lowest BCUT2D eigenvalue weighted by molar-refractivity contribution is -0.359. The second-order valence-electron chi connectivity index (χ2n) is 26.1. The topological polar surface area (TPSA) is 228 Å². The highest BCUT2D eigenvalue weighted by atomic mass is 16.7. The molecule has 2 fully saturated rings. The molecule has 14 heteroatoms. The quantitative estimate of drug-likeness (QED) is 0.0204. The molecule has 1 amide bonds. The van der Waals surface area contributed by atoms with Crippen LogP contribution in [0.3, 0.4) is 0 Å². The number of rotatable bonds is 61. The maximum absolute atomic E-state index is 13.3. The van der Waals surface area contributed by atoms with E-state index in [2.05, 4.69) is 31.3 Å². The van der Waals surface area contributed by atoms with Gasteiger partial charge < -0.3 is 65.1 Å². The van der Waals surface area contributed by atoms with E-state index < -0.39 is 86.8 Å². The van der Waals surface area contributed by atoms with Crippen LogP contribution in [0.2, 0.25) is 0 Å². The van der Waals surface area contributed by atoms with Crippen molar-refractivity contribution in [3.63, 3.8) is 0 Å². The summed E-state index contributed by atoms with van der Waals surface area (Å²) in [7, 11) is 0. The van der Waals surface area contributed by atoms with Gasteiger partial charge in [-0.15, -0.1) is 0 Å². The Hall–Kier alpha value is -1.27. The van der Waals surface area contributed by atoms with Crippen LogP contribution in [-0.2, 0) is 23.7 Å². The molecular weight excluding hydrogens is 1070 g/mol. The van der Waals surface area contributed by atoms with Crippen molar-refractivity contribution in [2.24, 2.45) is 0 Å². The van der Waals surface area contributed by atoms with Gasteiger partial charge in [0.15, 0.2) is 12.6 Å². The lowest BCUT2D eigenvalue weighted by Crippen LogP contribution is -2.65. The van der Waals surface area contributed by atoms with Crippen LogP contribution in [0.25, 0.3) is 0 Å². The van der Waals surface area contributed by atoms with E-state index >= 15 is 0 Å². The van der Waals surface area contributed by atoms with Gasteiger partial charge in [-0.25, -0.2) is 0 Å². The lowest BCUT2D eigenvalue weighted by atomic mass is 9.97. The maximum atomic E-state index is 13.3. The van der Waals surface area contributed by atoms with E-state index in [0.29, 0.717) is 12.8 Å². The largest absolute Gasteiger partial charge is 0.394 e. The number of aliphatic hydroxyl groups excluding tert-OH is 8. The molecule has 2 heterocycles. The molecule has 2 aliphatic heterocycles. The molecular formula is C71H137NO13. The second-order valence-corrected chi connectivity index (χ2v) is 26.1. The molecule has 504 valence electrons. The van der Waals surface area contributed by atoms with Gasteiger partial charge in [0.2, 0.25) is 5.91 Å². The third kappa shape index (κ3) is 41.0. The van der Waals surface area contributed by atoms with E-state index in [1.165, 1.54) is 263 Å². The minimum Gasteiger partial charge on any atom is -0.394 e. The van der Waals surface area contributed by atoms with Crippen LogP contribution in [0, 0.1) is 0 Å². The Labute approximate surface area is 520 Å². The van der Waals surface area contributed by atoms with Gasteiger partial charge in [-0.3, -0.25) is 4.79 Å². The first-order valence-corrected chi connectivity index (χ1v) is 36.4. The molecule has 0 aliphatic carbocycles. The average Bonchev–Trinajstić information content (AvgIpc) is 3.65. The maximum Gasteiger partial charge on any atom is 0.220 e. The van der Waals surface area contributed by atoms with Crippen LogP contribution in [0.4, 0.5) is 0 Å². The van der Waals surface area contributed by atoms with E-state index in [-0.39, 0.29) is 12.5 Å². The van der Waals surface area contributed by atoms with Crippen LogP contribution in [0.5, 0.6) is 0 Å². The zero-order valence-electron chi connectivity index (χ0n) is 54.9. The van der Waals surface area contributed by atoms with Crippen molar-refractivity contribution in [3.05, 3.63) is 12.2 Å². The molecule has 85 heavy (non-hydrogen) atoms. The van der Waals surface area contributed by atoms with Crippen molar-refractivity contribution < 1.29 is 64.6 Å². The zero-order valence-corrected chi connectivity index (χ0v) is 54.9. The zero-order chi connectivity index (χ0) is 61.6. The summed E-state index contributed by atoms with van der Waals surface area (Å²) in [5.41, 5.74) is 0. The number of unbranched alkanes of at least 4 members (excludes halogenated alkanes) is 46. The molecule has 0 aromatic rings. The van der Waals surface area contributed by atoms with E-state index in [9.17, 15) is 45.6 Å². The fourth-order valence-corrected chi connectivity index (χ4v) is 12.4. The number of nitrogens with one attached hydrogen (secondary N) is 1. The number of carbonyl (C=O) groups excluding carboxylic acids is 1. The van der Waals surface area contributed by atoms with Crippen LogP contribution < -0.4 is 5.32 Å². The van der Waals surface area contributed by atoms with Crippen molar-refractivity contribution in [3.8, 4) is 0 Å². The molecule has 0 spiro atoms. The van der Waals surface area contributed by atoms with Gasteiger partial charge in [0.05, 0.1) is 32.0 Å². The van der Waals surface area contributed by atoms with Crippen molar-refractivity contribution in [1.82, 2.24) is 5.32 Å². The number of hydrogen-bond donors (Lipinski definition) is 9. The molecule has 9 N–H and O–H groups in total. The first-order valence-electron chi connectivity index (χ1n) is 36.4. The SMILES string of the molecule is CCCCCCCCCC/C=C\CCCCCCCCCCCCCCCCCCCCCCCCCCCC(=O)NC(COC1OC(CO)C(OC2OC(CO)C(O)C(O)C2O)C(O)C1O)C(O)CCCCCCCCCCCCCCCC. The first-order chi connectivity index (χ1) is 41.6. The Morgan fingerprint density at radius 1 is 0.412 bits per heavy atom. The first kappa shape index (κ1) is 79.8. The highest BCUT2D eigenvalue weighted by molar-refractivity contribution is 5.76. The third-order valence-corrected chi connectivity index (χ3v) is 18.2. The van der Waals surface area contributed by atoms with Gasteiger partial charge >= 0.3 is 0 Å². The molecule has 0 radical (unpaired) electrons. The molecule has 0 saturated carbocycles. The molecule has 0 aromatic heterocycles. The smallest absolute Gasteiger partial charge is 0.220 e. The molecule has 12 unspecified atom stereocenters. The average molecular weight is 1210 g/mol. The van der Waals surface area contributed by atoms with Gasteiger partial charge in [-0.2, -0.15) is 0 Å². The Morgan fingerprint density at radius 3 is 1.12 bits per heavy atom. The molecule has 2 saturated heterocycles. The van der Waals surface area contributed by atoms with Crippen molar-refractivity contribution >= 4 is 5.91 Å².